The number of amides is 1. The van der Waals surface area contributed by atoms with Crippen LogP contribution >= 0.6 is 0 Å². The van der Waals surface area contributed by atoms with Gasteiger partial charge >= 0.3 is 0 Å². The van der Waals surface area contributed by atoms with Crippen molar-refractivity contribution in [3.63, 3.8) is 0 Å². The summed E-state index contributed by atoms with van der Waals surface area (Å²) < 4.78 is 0. The van der Waals surface area contributed by atoms with Crippen LogP contribution in [0.1, 0.15) is 271 Å². The Morgan fingerprint density at radius 2 is 0.710 bits per heavy atom. The molecule has 4 nitrogen and oxygen atoms in total. The molecular formula is C58H105NO3. The first kappa shape index (κ1) is 59.8. The van der Waals surface area contributed by atoms with Gasteiger partial charge in [0.05, 0.1) is 18.8 Å². The van der Waals surface area contributed by atoms with Crippen molar-refractivity contribution in [3.05, 3.63) is 72.9 Å². The van der Waals surface area contributed by atoms with E-state index in [9.17, 15) is 15.0 Å². The van der Waals surface area contributed by atoms with E-state index in [1.165, 1.54) is 180 Å². The maximum Gasteiger partial charge on any atom is 0.220 e. The van der Waals surface area contributed by atoms with E-state index in [-0.39, 0.29) is 12.5 Å². The zero-order valence-corrected chi connectivity index (χ0v) is 41.4. The van der Waals surface area contributed by atoms with E-state index < -0.39 is 12.1 Å². The van der Waals surface area contributed by atoms with Crippen molar-refractivity contribution in [1.29, 1.82) is 0 Å². The van der Waals surface area contributed by atoms with Crippen LogP contribution in [-0.4, -0.2) is 34.9 Å². The van der Waals surface area contributed by atoms with Crippen molar-refractivity contribution >= 4 is 5.91 Å². The highest BCUT2D eigenvalue weighted by atomic mass is 16.3. The monoisotopic (exact) mass is 864 g/mol. The summed E-state index contributed by atoms with van der Waals surface area (Å²) in [5.74, 6) is -0.0400. The fraction of sp³-hybridized carbons (Fsp3) is 0.776. The molecule has 1 amide bonds. The van der Waals surface area contributed by atoms with Crippen LogP contribution in [0.5, 0.6) is 0 Å². The Kier molecular flexibility index (Phi) is 51.3. The maximum absolute atomic E-state index is 12.5. The van der Waals surface area contributed by atoms with Gasteiger partial charge in [0.1, 0.15) is 0 Å². The second kappa shape index (κ2) is 53.2. The highest BCUT2D eigenvalue weighted by Crippen LogP contribution is 2.17. The van der Waals surface area contributed by atoms with E-state index in [0.717, 1.165) is 64.2 Å². The molecule has 0 heterocycles. The normalized spacial score (nSPS) is 13.4. The molecule has 0 saturated heterocycles. The highest BCUT2D eigenvalue weighted by molar-refractivity contribution is 5.76. The molecule has 2 atom stereocenters. The molecule has 0 aliphatic carbocycles. The van der Waals surface area contributed by atoms with Gasteiger partial charge in [-0.15, -0.1) is 0 Å². The van der Waals surface area contributed by atoms with Crippen LogP contribution in [0.2, 0.25) is 0 Å². The average molecular weight is 864 g/mol. The predicted molar refractivity (Wildman–Crippen MR) is 276 cm³/mol. The lowest BCUT2D eigenvalue weighted by Crippen LogP contribution is -2.45. The second-order valence-electron chi connectivity index (χ2n) is 18.3. The SMILES string of the molecule is CC/C=C\C/C=C\C/C=C\C/C=C\C/C=C\C/C=C\CCCCCCCCCCC(=O)NC(CO)C(O)CCCCCCCCCCCCCCCCCCCCCCCCC. The lowest BCUT2D eigenvalue weighted by atomic mass is 10.0. The van der Waals surface area contributed by atoms with Gasteiger partial charge in [0.2, 0.25) is 5.91 Å². The number of hydrogen-bond donors (Lipinski definition) is 3. The van der Waals surface area contributed by atoms with Crippen molar-refractivity contribution in [2.24, 2.45) is 0 Å². The molecule has 0 aromatic heterocycles. The lowest BCUT2D eigenvalue weighted by Gasteiger charge is -2.22. The summed E-state index contributed by atoms with van der Waals surface area (Å²) in [5, 5.41) is 23.3. The van der Waals surface area contributed by atoms with Crippen molar-refractivity contribution in [2.75, 3.05) is 6.61 Å². The molecule has 0 aromatic rings. The van der Waals surface area contributed by atoms with Gasteiger partial charge in [0.25, 0.3) is 0 Å². The number of aliphatic hydroxyl groups excluding tert-OH is 2. The number of hydrogen-bond acceptors (Lipinski definition) is 3. The Bertz CT molecular complexity index is 1070. The van der Waals surface area contributed by atoms with E-state index >= 15 is 0 Å². The van der Waals surface area contributed by atoms with Gasteiger partial charge in [-0.2, -0.15) is 0 Å². The minimum Gasteiger partial charge on any atom is -0.394 e. The van der Waals surface area contributed by atoms with Gasteiger partial charge in [-0.25, -0.2) is 0 Å². The minimum absolute atomic E-state index is 0.0400. The smallest absolute Gasteiger partial charge is 0.220 e. The Labute approximate surface area is 387 Å². The first-order valence-corrected chi connectivity index (χ1v) is 27.1. The molecule has 62 heavy (non-hydrogen) atoms. The second-order valence-corrected chi connectivity index (χ2v) is 18.3. The maximum atomic E-state index is 12.5. The highest BCUT2D eigenvalue weighted by Gasteiger charge is 2.20. The third-order valence-electron chi connectivity index (χ3n) is 12.2. The molecule has 3 N–H and O–H groups in total. The average Bonchev–Trinajstić information content (AvgIpc) is 3.28. The first-order valence-electron chi connectivity index (χ1n) is 27.1. The molecule has 0 rings (SSSR count). The standard InChI is InChI=1S/C58H105NO3/c1-3-5-7-9-11-13-15-17-19-21-23-25-27-28-29-30-32-34-36-38-40-42-44-46-48-50-52-54-58(62)59-56(55-60)57(61)53-51-49-47-45-43-41-39-37-35-33-31-26-24-22-20-18-16-14-12-10-8-6-4-2/h5,7,11,13,17,19,23,25,28-29,32,34,56-57,60-61H,3-4,6,8-10,12,14-16,18,20-22,24,26-27,30-31,33,35-55H2,1-2H3,(H,59,62)/b7-5-,13-11-,19-17-,25-23-,29-28-,34-32-. The Morgan fingerprint density at radius 1 is 0.403 bits per heavy atom. The zero-order valence-electron chi connectivity index (χ0n) is 41.4. The molecule has 0 fully saturated rings. The first-order chi connectivity index (χ1) is 30.7. The van der Waals surface area contributed by atoms with Crippen LogP contribution in [0.3, 0.4) is 0 Å². The van der Waals surface area contributed by atoms with Gasteiger partial charge < -0.3 is 15.5 Å². The predicted octanol–water partition coefficient (Wildman–Crippen LogP) is 17.8. The number of unbranched alkanes of at least 4 members (excludes halogenated alkanes) is 30. The third kappa shape index (κ3) is 48.9. The molecule has 0 aliphatic rings. The molecule has 0 bridgehead atoms. The summed E-state index contributed by atoms with van der Waals surface area (Å²) in [4.78, 5) is 12.5. The Morgan fingerprint density at radius 3 is 1.06 bits per heavy atom. The van der Waals surface area contributed by atoms with E-state index in [1.54, 1.807) is 0 Å². The fourth-order valence-corrected chi connectivity index (χ4v) is 8.13. The molecule has 4 heteroatoms. The summed E-state index contributed by atoms with van der Waals surface area (Å²) in [6.45, 7) is 4.26. The zero-order chi connectivity index (χ0) is 44.9. The van der Waals surface area contributed by atoms with Crippen molar-refractivity contribution in [3.8, 4) is 0 Å². The quantitative estimate of drug-likeness (QED) is 0.0421. The van der Waals surface area contributed by atoms with E-state index in [0.29, 0.717) is 12.8 Å². The number of carbonyl (C=O) groups excluding carboxylic acids is 1. The minimum atomic E-state index is -0.668. The molecule has 2 unspecified atom stereocenters. The lowest BCUT2D eigenvalue weighted by molar-refractivity contribution is -0.123. The van der Waals surface area contributed by atoms with Crippen LogP contribution in [0.25, 0.3) is 0 Å². The molecule has 0 aromatic carbocycles. The summed E-state index contributed by atoms with van der Waals surface area (Å²) in [6.07, 6.45) is 75.8. The molecule has 360 valence electrons. The molecule has 0 aliphatic heterocycles. The van der Waals surface area contributed by atoms with Gasteiger partial charge in [0, 0.05) is 6.42 Å². The van der Waals surface area contributed by atoms with Crippen LogP contribution in [0.4, 0.5) is 0 Å². The molecule has 0 saturated carbocycles. The molecule has 0 spiro atoms. The van der Waals surface area contributed by atoms with Crippen LogP contribution in [0, 0.1) is 0 Å². The Balaban J connectivity index is 3.53. The van der Waals surface area contributed by atoms with Crippen molar-refractivity contribution < 1.29 is 15.0 Å². The largest absolute Gasteiger partial charge is 0.394 e. The summed E-state index contributed by atoms with van der Waals surface area (Å²) in [5.41, 5.74) is 0. The number of aliphatic hydroxyl groups is 2. The summed E-state index contributed by atoms with van der Waals surface area (Å²) >= 11 is 0. The van der Waals surface area contributed by atoms with Gasteiger partial charge in [-0.3, -0.25) is 4.79 Å². The topological polar surface area (TPSA) is 69.6 Å². The number of rotatable bonds is 49. The van der Waals surface area contributed by atoms with Crippen LogP contribution < -0.4 is 5.32 Å². The van der Waals surface area contributed by atoms with Crippen LogP contribution in [-0.2, 0) is 4.79 Å². The van der Waals surface area contributed by atoms with E-state index in [4.69, 9.17) is 0 Å². The van der Waals surface area contributed by atoms with Crippen molar-refractivity contribution in [2.45, 2.75) is 283 Å². The van der Waals surface area contributed by atoms with Gasteiger partial charge in [0.15, 0.2) is 0 Å². The fourth-order valence-electron chi connectivity index (χ4n) is 8.13. The summed E-state index contributed by atoms with van der Waals surface area (Å²) in [6, 6.07) is -0.546. The molecular weight excluding hydrogens is 759 g/mol. The van der Waals surface area contributed by atoms with Gasteiger partial charge in [-0.05, 0) is 64.2 Å². The van der Waals surface area contributed by atoms with Crippen LogP contribution in [0.15, 0.2) is 72.9 Å². The third-order valence-corrected chi connectivity index (χ3v) is 12.2. The summed E-state index contributed by atoms with van der Waals surface area (Å²) in [7, 11) is 0. The number of nitrogens with one attached hydrogen (secondary N) is 1. The van der Waals surface area contributed by atoms with E-state index in [2.05, 4.69) is 92.1 Å². The van der Waals surface area contributed by atoms with Crippen molar-refractivity contribution in [1.82, 2.24) is 5.32 Å². The van der Waals surface area contributed by atoms with E-state index in [1.807, 2.05) is 0 Å². The Hall–Kier alpha value is -2.17. The number of allylic oxidation sites excluding steroid dienone is 12. The molecule has 0 radical (unpaired) electrons. The number of carbonyl (C=O) groups is 1. The van der Waals surface area contributed by atoms with Gasteiger partial charge in [-0.1, -0.05) is 273 Å².